The number of halogens is 3. The zero-order chi connectivity index (χ0) is 14.9. The summed E-state index contributed by atoms with van der Waals surface area (Å²) in [6.07, 6.45) is -2.77. The Morgan fingerprint density at radius 3 is 2.50 bits per heavy atom. The molecule has 1 heterocycles. The van der Waals surface area contributed by atoms with Crippen LogP contribution in [0, 0.1) is 6.92 Å². The Labute approximate surface area is 113 Å². The molecule has 1 atom stereocenters. The largest absolute Gasteiger partial charge is 0.416 e. The summed E-state index contributed by atoms with van der Waals surface area (Å²) in [5, 5.41) is 10.3. The molecule has 1 unspecified atom stereocenters. The molecule has 0 bridgehead atoms. The molecule has 2 rings (SSSR count). The molecule has 0 saturated heterocycles. The molecule has 0 saturated carbocycles. The number of pyridine rings is 1. The normalized spacial score (nSPS) is 13.2. The third kappa shape index (κ3) is 2.75. The first kappa shape index (κ1) is 14.3. The fraction of sp³-hybridized carbons (Fsp3) is 0.214. The minimum atomic E-state index is -4.48. The molecule has 106 valence electrons. The molecule has 1 aromatic heterocycles. The summed E-state index contributed by atoms with van der Waals surface area (Å²) >= 11 is 0. The number of aliphatic hydroxyl groups excluding tert-OH is 1. The lowest BCUT2D eigenvalue weighted by atomic mass is 9.96. The van der Waals surface area contributed by atoms with Gasteiger partial charge in [0, 0.05) is 29.2 Å². The number of hydrogen-bond acceptors (Lipinski definition) is 3. The summed E-state index contributed by atoms with van der Waals surface area (Å²) in [6, 6.07) is 4.57. The maximum absolute atomic E-state index is 12.7. The van der Waals surface area contributed by atoms with Crippen LogP contribution in [0.1, 0.15) is 28.4 Å². The highest BCUT2D eigenvalue weighted by Gasteiger charge is 2.31. The first-order chi connectivity index (χ1) is 9.30. The first-order valence-electron chi connectivity index (χ1n) is 5.86. The molecule has 0 aliphatic heterocycles. The third-order valence-electron chi connectivity index (χ3n) is 3.08. The van der Waals surface area contributed by atoms with E-state index in [4.69, 9.17) is 5.73 Å². The van der Waals surface area contributed by atoms with E-state index in [2.05, 4.69) is 4.98 Å². The Morgan fingerprint density at radius 2 is 1.90 bits per heavy atom. The number of anilines is 1. The van der Waals surface area contributed by atoms with Gasteiger partial charge in [-0.3, -0.25) is 4.98 Å². The van der Waals surface area contributed by atoms with Crippen LogP contribution in [-0.2, 0) is 6.18 Å². The minimum Gasteiger partial charge on any atom is -0.398 e. The first-order valence-corrected chi connectivity index (χ1v) is 5.86. The molecule has 6 heteroatoms. The Bertz CT molecular complexity index is 626. The van der Waals surface area contributed by atoms with E-state index >= 15 is 0 Å². The van der Waals surface area contributed by atoms with Crippen LogP contribution >= 0.6 is 0 Å². The zero-order valence-corrected chi connectivity index (χ0v) is 10.6. The van der Waals surface area contributed by atoms with E-state index in [0.29, 0.717) is 5.56 Å². The maximum atomic E-state index is 12.7. The van der Waals surface area contributed by atoms with Crippen molar-refractivity contribution < 1.29 is 18.3 Å². The fourth-order valence-corrected chi connectivity index (χ4v) is 1.92. The number of nitrogens with two attached hydrogens (primary N) is 1. The van der Waals surface area contributed by atoms with Gasteiger partial charge in [-0.15, -0.1) is 0 Å². The van der Waals surface area contributed by atoms with Gasteiger partial charge in [0.2, 0.25) is 0 Å². The average molecular weight is 282 g/mol. The lowest BCUT2D eigenvalue weighted by Crippen LogP contribution is -2.10. The van der Waals surface area contributed by atoms with Gasteiger partial charge in [0.25, 0.3) is 0 Å². The van der Waals surface area contributed by atoms with Gasteiger partial charge in [0.15, 0.2) is 0 Å². The minimum absolute atomic E-state index is 0.0240. The monoisotopic (exact) mass is 282 g/mol. The topological polar surface area (TPSA) is 59.1 Å². The van der Waals surface area contributed by atoms with Gasteiger partial charge >= 0.3 is 6.18 Å². The van der Waals surface area contributed by atoms with Crippen LogP contribution in [0.2, 0.25) is 0 Å². The molecule has 0 amide bonds. The zero-order valence-electron chi connectivity index (χ0n) is 10.6. The molecule has 3 nitrogen and oxygen atoms in total. The predicted octanol–water partition coefficient (Wildman–Crippen LogP) is 3.07. The predicted molar refractivity (Wildman–Crippen MR) is 68.9 cm³/mol. The van der Waals surface area contributed by atoms with E-state index in [9.17, 15) is 18.3 Å². The van der Waals surface area contributed by atoms with E-state index in [1.165, 1.54) is 6.20 Å². The number of aryl methyl sites for hydroxylation is 1. The van der Waals surface area contributed by atoms with Crippen LogP contribution in [0.25, 0.3) is 0 Å². The number of aliphatic hydroxyl groups is 1. The number of nitrogens with zero attached hydrogens (tertiary/aromatic N) is 1. The van der Waals surface area contributed by atoms with Crippen molar-refractivity contribution in [1.29, 1.82) is 0 Å². The van der Waals surface area contributed by atoms with E-state index in [-0.39, 0.29) is 11.3 Å². The van der Waals surface area contributed by atoms with Crippen LogP contribution in [0.4, 0.5) is 18.9 Å². The summed E-state index contributed by atoms with van der Waals surface area (Å²) in [5.74, 6) is 0. The number of hydrogen-bond donors (Lipinski definition) is 2. The molecule has 0 radical (unpaired) electrons. The van der Waals surface area contributed by atoms with Crippen molar-refractivity contribution in [2.75, 3.05) is 5.73 Å². The number of rotatable bonds is 2. The lowest BCUT2D eigenvalue weighted by molar-refractivity contribution is -0.137. The van der Waals surface area contributed by atoms with Crippen molar-refractivity contribution in [3.63, 3.8) is 0 Å². The lowest BCUT2D eigenvalue weighted by Gasteiger charge is -2.17. The second-order valence-electron chi connectivity index (χ2n) is 4.48. The van der Waals surface area contributed by atoms with Crippen LogP contribution < -0.4 is 5.73 Å². The third-order valence-corrected chi connectivity index (χ3v) is 3.08. The Morgan fingerprint density at radius 1 is 1.20 bits per heavy atom. The number of nitrogen functional groups attached to an aromatic ring is 1. The van der Waals surface area contributed by atoms with Crippen LogP contribution in [0.3, 0.4) is 0 Å². The van der Waals surface area contributed by atoms with E-state index in [1.54, 1.807) is 19.2 Å². The second-order valence-corrected chi connectivity index (χ2v) is 4.48. The molecular weight excluding hydrogens is 269 g/mol. The Balaban J connectivity index is 2.50. The molecule has 20 heavy (non-hydrogen) atoms. The molecule has 0 fully saturated rings. The van der Waals surface area contributed by atoms with Crippen molar-refractivity contribution >= 4 is 5.69 Å². The molecule has 1 aromatic carbocycles. The molecular formula is C14H13F3N2O. The highest BCUT2D eigenvalue weighted by atomic mass is 19.4. The van der Waals surface area contributed by atoms with E-state index < -0.39 is 17.8 Å². The molecule has 2 aromatic rings. The van der Waals surface area contributed by atoms with Gasteiger partial charge in [0.1, 0.15) is 6.10 Å². The quantitative estimate of drug-likeness (QED) is 0.832. The number of benzene rings is 1. The van der Waals surface area contributed by atoms with Crippen LogP contribution in [0.5, 0.6) is 0 Å². The number of aromatic nitrogens is 1. The van der Waals surface area contributed by atoms with Crippen molar-refractivity contribution in [3.8, 4) is 0 Å². The highest BCUT2D eigenvalue weighted by molar-refractivity contribution is 5.53. The van der Waals surface area contributed by atoms with Gasteiger partial charge in [-0.2, -0.15) is 13.2 Å². The van der Waals surface area contributed by atoms with Crippen LogP contribution in [-0.4, -0.2) is 10.1 Å². The van der Waals surface area contributed by atoms with Gasteiger partial charge < -0.3 is 10.8 Å². The van der Waals surface area contributed by atoms with E-state index in [1.807, 2.05) is 0 Å². The molecule has 0 aliphatic carbocycles. The summed E-state index contributed by atoms with van der Waals surface area (Å²) in [5.41, 5.74) is 6.11. The van der Waals surface area contributed by atoms with Gasteiger partial charge in [0.05, 0.1) is 5.56 Å². The van der Waals surface area contributed by atoms with Crippen molar-refractivity contribution in [2.24, 2.45) is 0 Å². The smallest absolute Gasteiger partial charge is 0.398 e. The Kier molecular flexibility index (Phi) is 3.67. The van der Waals surface area contributed by atoms with Gasteiger partial charge in [-0.1, -0.05) is 0 Å². The molecule has 0 aliphatic rings. The standard InChI is InChI=1S/C14H13F3N2O/c1-8-4-5-19-7-11(8)13(20)10-6-9(14(15,16)17)2-3-12(10)18/h2-7,13,20H,18H2,1H3. The van der Waals surface area contributed by atoms with Crippen molar-refractivity contribution in [1.82, 2.24) is 4.98 Å². The maximum Gasteiger partial charge on any atom is 0.416 e. The highest BCUT2D eigenvalue weighted by Crippen LogP contribution is 2.35. The second kappa shape index (κ2) is 5.13. The summed E-state index contributed by atoms with van der Waals surface area (Å²) in [4.78, 5) is 3.87. The number of alkyl halides is 3. The molecule has 0 spiro atoms. The molecule has 3 N–H and O–H groups in total. The van der Waals surface area contributed by atoms with Gasteiger partial charge in [-0.25, -0.2) is 0 Å². The summed E-state index contributed by atoms with van der Waals surface area (Å²) in [7, 11) is 0. The van der Waals surface area contributed by atoms with Gasteiger partial charge in [-0.05, 0) is 36.8 Å². The Hall–Kier alpha value is -2.08. The van der Waals surface area contributed by atoms with E-state index in [0.717, 1.165) is 23.8 Å². The van der Waals surface area contributed by atoms with Crippen molar-refractivity contribution in [2.45, 2.75) is 19.2 Å². The van der Waals surface area contributed by atoms with Crippen LogP contribution in [0.15, 0.2) is 36.7 Å². The summed E-state index contributed by atoms with van der Waals surface area (Å²) in [6.45, 7) is 1.74. The SMILES string of the molecule is Cc1ccncc1C(O)c1cc(C(F)(F)F)ccc1N. The summed E-state index contributed by atoms with van der Waals surface area (Å²) < 4.78 is 38.1. The average Bonchev–Trinajstić information content (AvgIpc) is 2.37. The fourth-order valence-electron chi connectivity index (χ4n) is 1.92. The van der Waals surface area contributed by atoms with Crippen molar-refractivity contribution in [3.05, 3.63) is 58.9 Å².